The normalized spacial score (nSPS) is 14.9. The number of rotatable bonds is 6. The van der Waals surface area contributed by atoms with Gasteiger partial charge in [0.25, 0.3) is 0 Å². The predicted molar refractivity (Wildman–Crippen MR) is 213 cm³/mol. The van der Waals surface area contributed by atoms with Crippen LogP contribution in [0.25, 0.3) is 78.4 Å². The largest absolute Gasteiger partial charge is 0.494 e. The molecule has 256 valence electrons. The molecule has 0 bridgehead atoms. The van der Waals surface area contributed by atoms with Gasteiger partial charge in [0.1, 0.15) is 0 Å². The van der Waals surface area contributed by atoms with Crippen LogP contribution in [0.3, 0.4) is 0 Å². The van der Waals surface area contributed by atoms with Gasteiger partial charge in [-0.3, -0.25) is 4.98 Å². The van der Waals surface area contributed by atoms with Crippen molar-refractivity contribution in [3.05, 3.63) is 146 Å². The Morgan fingerprint density at radius 3 is 1.60 bits per heavy atom. The molecule has 1 saturated heterocycles. The first kappa shape index (κ1) is 32.8. The SMILES string of the molecule is CC1(C)OB(c2cc(-c3ccc4ccc5cccnc5c4n3)cc(-c3nc(-c4ccccc4)nc(-c4ccc(-c5ccccc5)cc4)n3)c2)OC1(C)C. The Balaban J connectivity index is 1.22. The molecule has 53 heavy (non-hydrogen) atoms. The Bertz CT molecular complexity index is 2610. The first-order valence-electron chi connectivity index (χ1n) is 17.8. The van der Waals surface area contributed by atoms with Gasteiger partial charge in [-0.2, -0.15) is 0 Å². The summed E-state index contributed by atoms with van der Waals surface area (Å²) in [5.41, 5.74) is 8.06. The van der Waals surface area contributed by atoms with Crippen molar-refractivity contribution >= 4 is 34.4 Å². The van der Waals surface area contributed by atoms with Gasteiger partial charge in [0, 0.05) is 39.2 Å². The van der Waals surface area contributed by atoms with E-state index in [1.165, 1.54) is 0 Å². The summed E-state index contributed by atoms with van der Waals surface area (Å²) in [4.78, 5) is 25.1. The van der Waals surface area contributed by atoms with Crippen LogP contribution in [0.2, 0.25) is 0 Å². The minimum Gasteiger partial charge on any atom is -0.399 e. The molecule has 0 spiro atoms. The minimum atomic E-state index is -0.609. The van der Waals surface area contributed by atoms with E-state index in [0.717, 1.165) is 66.3 Å². The Morgan fingerprint density at radius 2 is 0.943 bits per heavy atom. The van der Waals surface area contributed by atoms with Gasteiger partial charge in [-0.15, -0.1) is 0 Å². The molecule has 7 nitrogen and oxygen atoms in total. The van der Waals surface area contributed by atoms with Crippen LogP contribution >= 0.6 is 0 Å². The third-order valence-electron chi connectivity index (χ3n) is 10.4. The molecule has 1 fully saturated rings. The van der Waals surface area contributed by atoms with Gasteiger partial charge in [-0.05, 0) is 62.5 Å². The van der Waals surface area contributed by atoms with Gasteiger partial charge < -0.3 is 9.31 Å². The summed E-state index contributed by atoms with van der Waals surface area (Å²) in [5.74, 6) is 1.70. The fourth-order valence-electron chi connectivity index (χ4n) is 6.72. The van der Waals surface area contributed by atoms with Crippen LogP contribution in [-0.4, -0.2) is 43.2 Å². The minimum absolute atomic E-state index is 0.521. The highest BCUT2D eigenvalue weighted by Crippen LogP contribution is 2.38. The quantitative estimate of drug-likeness (QED) is 0.127. The maximum Gasteiger partial charge on any atom is 0.494 e. The van der Waals surface area contributed by atoms with Crippen LogP contribution < -0.4 is 5.46 Å². The molecule has 1 aliphatic heterocycles. The predicted octanol–water partition coefficient (Wildman–Crippen LogP) is 9.60. The maximum absolute atomic E-state index is 6.59. The van der Waals surface area contributed by atoms with Crippen LogP contribution in [0.5, 0.6) is 0 Å². The molecular formula is C45H36BN5O2. The molecule has 9 rings (SSSR count). The van der Waals surface area contributed by atoms with E-state index in [1.54, 1.807) is 0 Å². The van der Waals surface area contributed by atoms with Gasteiger partial charge >= 0.3 is 7.12 Å². The van der Waals surface area contributed by atoms with Crippen LogP contribution in [0.15, 0.2) is 146 Å². The van der Waals surface area contributed by atoms with Gasteiger partial charge in [0.05, 0.1) is 27.9 Å². The molecule has 4 heterocycles. The van der Waals surface area contributed by atoms with Crippen LogP contribution in [0.4, 0.5) is 0 Å². The fraction of sp³-hybridized carbons (Fsp3) is 0.133. The van der Waals surface area contributed by atoms with Crippen molar-refractivity contribution in [2.45, 2.75) is 38.9 Å². The zero-order valence-corrected chi connectivity index (χ0v) is 30.0. The molecule has 5 aromatic carbocycles. The van der Waals surface area contributed by atoms with E-state index in [1.807, 2.05) is 66.9 Å². The van der Waals surface area contributed by atoms with Crippen molar-refractivity contribution in [3.8, 4) is 56.5 Å². The van der Waals surface area contributed by atoms with Crippen molar-refractivity contribution < 1.29 is 9.31 Å². The van der Waals surface area contributed by atoms with E-state index in [-0.39, 0.29) is 0 Å². The van der Waals surface area contributed by atoms with Crippen molar-refractivity contribution in [1.29, 1.82) is 0 Å². The van der Waals surface area contributed by atoms with Gasteiger partial charge in [0.2, 0.25) is 0 Å². The number of nitrogens with zero attached hydrogens (tertiary/aromatic N) is 5. The van der Waals surface area contributed by atoms with E-state index in [0.29, 0.717) is 17.5 Å². The molecule has 3 aromatic heterocycles. The van der Waals surface area contributed by atoms with E-state index in [9.17, 15) is 0 Å². The first-order valence-corrected chi connectivity index (χ1v) is 17.8. The number of fused-ring (bicyclic) bond motifs is 3. The second-order valence-corrected chi connectivity index (χ2v) is 14.5. The molecule has 0 saturated carbocycles. The standard InChI is InChI=1S/C45H36BN5O2/c1-44(2)45(3,4)53-46(52-44)37-27-35(38-24-23-32-20-19-31-16-11-25-47-39(31)40(32)48-38)26-36(28-37)43-50-41(33-14-9-6-10-15-33)49-42(51-43)34-21-17-30(18-22-34)29-12-7-5-8-13-29/h5-28H,1-4H3. The lowest BCUT2D eigenvalue weighted by Gasteiger charge is -2.32. The highest BCUT2D eigenvalue weighted by molar-refractivity contribution is 6.62. The number of benzene rings is 5. The highest BCUT2D eigenvalue weighted by atomic mass is 16.7. The zero-order chi connectivity index (χ0) is 36.2. The lowest BCUT2D eigenvalue weighted by molar-refractivity contribution is 0.00578. The summed E-state index contributed by atoms with van der Waals surface area (Å²) in [6.07, 6.45) is 1.81. The Hall–Kier alpha value is -6.09. The van der Waals surface area contributed by atoms with Gasteiger partial charge in [-0.25, -0.2) is 19.9 Å². The number of aromatic nitrogens is 5. The number of pyridine rings is 2. The average molecular weight is 690 g/mol. The second-order valence-electron chi connectivity index (χ2n) is 14.5. The molecule has 0 N–H and O–H groups in total. The summed E-state index contributed by atoms with van der Waals surface area (Å²) < 4.78 is 13.2. The van der Waals surface area contributed by atoms with Gasteiger partial charge in [0.15, 0.2) is 17.5 Å². The Morgan fingerprint density at radius 1 is 0.434 bits per heavy atom. The van der Waals surface area contributed by atoms with Crippen molar-refractivity contribution in [3.63, 3.8) is 0 Å². The number of hydrogen-bond acceptors (Lipinski definition) is 7. The highest BCUT2D eigenvalue weighted by Gasteiger charge is 2.51. The third-order valence-corrected chi connectivity index (χ3v) is 10.4. The maximum atomic E-state index is 6.59. The molecule has 0 radical (unpaired) electrons. The molecule has 0 atom stereocenters. The van der Waals surface area contributed by atoms with E-state index >= 15 is 0 Å². The van der Waals surface area contributed by atoms with Gasteiger partial charge in [-0.1, -0.05) is 121 Å². The van der Waals surface area contributed by atoms with Crippen molar-refractivity contribution in [2.24, 2.45) is 0 Å². The van der Waals surface area contributed by atoms with Crippen molar-refractivity contribution in [2.75, 3.05) is 0 Å². The van der Waals surface area contributed by atoms with Crippen LogP contribution in [-0.2, 0) is 9.31 Å². The van der Waals surface area contributed by atoms with E-state index < -0.39 is 18.3 Å². The molecule has 0 unspecified atom stereocenters. The molecule has 1 aliphatic rings. The molecule has 8 aromatic rings. The smallest absolute Gasteiger partial charge is 0.399 e. The van der Waals surface area contributed by atoms with E-state index in [2.05, 4.69) is 107 Å². The summed E-state index contributed by atoms with van der Waals surface area (Å²) in [6, 6.07) is 47.3. The second kappa shape index (κ2) is 12.8. The molecule has 0 amide bonds. The summed E-state index contributed by atoms with van der Waals surface area (Å²) >= 11 is 0. The Labute approximate surface area is 308 Å². The van der Waals surface area contributed by atoms with Crippen LogP contribution in [0.1, 0.15) is 27.7 Å². The van der Waals surface area contributed by atoms with E-state index in [4.69, 9.17) is 34.2 Å². The molecule has 0 aliphatic carbocycles. The number of hydrogen-bond donors (Lipinski definition) is 0. The molecular weight excluding hydrogens is 653 g/mol. The Kier molecular flexibility index (Phi) is 7.95. The summed E-state index contributed by atoms with van der Waals surface area (Å²) in [7, 11) is -0.609. The topological polar surface area (TPSA) is 82.9 Å². The summed E-state index contributed by atoms with van der Waals surface area (Å²) in [5, 5.41) is 2.06. The first-order chi connectivity index (χ1) is 25.7. The lowest BCUT2D eigenvalue weighted by Crippen LogP contribution is -2.41. The lowest BCUT2D eigenvalue weighted by atomic mass is 9.77. The zero-order valence-electron chi connectivity index (χ0n) is 30.0. The van der Waals surface area contributed by atoms with Crippen LogP contribution in [0, 0.1) is 0 Å². The average Bonchev–Trinajstić information content (AvgIpc) is 3.43. The van der Waals surface area contributed by atoms with Crippen molar-refractivity contribution in [1.82, 2.24) is 24.9 Å². The monoisotopic (exact) mass is 689 g/mol. The fourth-order valence-corrected chi connectivity index (χ4v) is 6.72. The third kappa shape index (κ3) is 6.16. The summed E-state index contributed by atoms with van der Waals surface area (Å²) in [6.45, 7) is 8.25. The molecule has 8 heteroatoms.